The number of H-pyrrole nitrogens is 1. The number of aromatic nitrogens is 3. The van der Waals surface area contributed by atoms with E-state index in [9.17, 15) is 0 Å². The predicted octanol–water partition coefficient (Wildman–Crippen LogP) is 1.72. The van der Waals surface area contributed by atoms with Gasteiger partial charge >= 0.3 is 0 Å². The molecule has 0 unspecified atom stereocenters. The van der Waals surface area contributed by atoms with Crippen LogP contribution >= 0.6 is 11.3 Å². The standard InChI is InChI=1S/C9H11N3OS/c1-13-5-3-7-6-14-9(11-7)8-2-4-10-12-8/h2,4,6H,3,5H2,1H3,(H,10,12). The van der Waals surface area contributed by atoms with Gasteiger partial charge in [0.25, 0.3) is 0 Å². The van der Waals surface area contributed by atoms with E-state index in [2.05, 4.69) is 20.6 Å². The summed E-state index contributed by atoms with van der Waals surface area (Å²) >= 11 is 1.62. The normalized spacial score (nSPS) is 10.6. The Bertz CT molecular complexity index is 382. The number of ether oxygens (including phenoxy) is 1. The van der Waals surface area contributed by atoms with Crippen molar-refractivity contribution >= 4 is 11.3 Å². The topological polar surface area (TPSA) is 50.8 Å². The highest BCUT2D eigenvalue weighted by Gasteiger charge is 2.04. The zero-order valence-corrected chi connectivity index (χ0v) is 8.67. The molecule has 0 aliphatic heterocycles. The maximum Gasteiger partial charge on any atom is 0.141 e. The number of nitrogens with zero attached hydrogens (tertiary/aromatic N) is 2. The van der Waals surface area contributed by atoms with Crippen LogP contribution in [0.2, 0.25) is 0 Å². The summed E-state index contributed by atoms with van der Waals surface area (Å²) in [5, 5.41) is 9.81. The van der Waals surface area contributed by atoms with Crippen LogP contribution in [0.5, 0.6) is 0 Å². The van der Waals surface area contributed by atoms with Crippen LogP contribution in [0.4, 0.5) is 0 Å². The largest absolute Gasteiger partial charge is 0.384 e. The van der Waals surface area contributed by atoms with Gasteiger partial charge in [-0.15, -0.1) is 11.3 Å². The second-order valence-corrected chi connectivity index (χ2v) is 3.72. The van der Waals surface area contributed by atoms with Gasteiger partial charge < -0.3 is 4.74 Å². The van der Waals surface area contributed by atoms with Gasteiger partial charge in [0.1, 0.15) is 5.01 Å². The molecule has 14 heavy (non-hydrogen) atoms. The van der Waals surface area contributed by atoms with E-state index < -0.39 is 0 Å². The first-order valence-electron chi connectivity index (χ1n) is 4.33. The molecule has 2 heterocycles. The number of methoxy groups -OCH3 is 1. The zero-order chi connectivity index (χ0) is 9.80. The molecule has 0 saturated carbocycles. The van der Waals surface area contributed by atoms with Crippen molar-refractivity contribution in [3.8, 4) is 10.7 Å². The average Bonchev–Trinajstić information content (AvgIpc) is 2.85. The first-order chi connectivity index (χ1) is 6.90. The van der Waals surface area contributed by atoms with Crippen molar-refractivity contribution in [3.63, 3.8) is 0 Å². The fourth-order valence-corrected chi connectivity index (χ4v) is 1.96. The lowest BCUT2D eigenvalue weighted by molar-refractivity contribution is 0.201. The first kappa shape index (κ1) is 9.36. The molecule has 2 aromatic rings. The first-order valence-corrected chi connectivity index (χ1v) is 5.21. The van der Waals surface area contributed by atoms with Crippen molar-refractivity contribution in [3.05, 3.63) is 23.3 Å². The number of nitrogens with one attached hydrogen (secondary N) is 1. The number of rotatable bonds is 4. The highest BCUT2D eigenvalue weighted by atomic mass is 32.1. The van der Waals surface area contributed by atoms with Crippen molar-refractivity contribution in [2.75, 3.05) is 13.7 Å². The van der Waals surface area contributed by atoms with Crippen LogP contribution in [-0.4, -0.2) is 28.9 Å². The molecule has 0 spiro atoms. The van der Waals surface area contributed by atoms with Crippen LogP contribution in [0.3, 0.4) is 0 Å². The molecule has 0 aliphatic carbocycles. The summed E-state index contributed by atoms with van der Waals surface area (Å²) in [7, 11) is 1.70. The summed E-state index contributed by atoms with van der Waals surface area (Å²) in [6.07, 6.45) is 2.59. The molecule has 2 rings (SSSR count). The highest BCUT2D eigenvalue weighted by molar-refractivity contribution is 7.13. The smallest absolute Gasteiger partial charge is 0.141 e. The molecule has 4 nitrogen and oxygen atoms in total. The quantitative estimate of drug-likeness (QED) is 0.834. The van der Waals surface area contributed by atoms with Crippen molar-refractivity contribution in [2.45, 2.75) is 6.42 Å². The maximum atomic E-state index is 4.99. The van der Waals surface area contributed by atoms with E-state index in [-0.39, 0.29) is 0 Å². The van der Waals surface area contributed by atoms with Crippen LogP contribution in [-0.2, 0) is 11.2 Å². The Morgan fingerprint density at radius 1 is 1.57 bits per heavy atom. The summed E-state index contributed by atoms with van der Waals surface area (Å²) in [4.78, 5) is 4.46. The molecule has 0 atom stereocenters. The van der Waals surface area contributed by atoms with E-state index in [1.807, 2.05) is 6.07 Å². The lowest BCUT2D eigenvalue weighted by atomic mass is 10.3. The van der Waals surface area contributed by atoms with E-state index in [1.54, 1.807) is 24.6 Å². The van der Waals surface area contributed by atoms with E-state index >= 15 is 0 Å². The molecule has 1 N–H and O–H groups in total. The van der Waals surface area contributed by atoms with Crippen LogP contribution in [0.1, 0.15) is 5.69 Å². The Balaban J connectivity index is 2.10. The zero-order valence-electron chi connectivity index (χ0n) is 7.86. The molecule has 0 bridgehead atoms. The van der Waals surface area contributed by atoms with Gasteiger partial charge in [-0.05, 0) is 6.07 Å². The molecule has 2 aromatic heterocycles. The van der Waals surface area contributed by atoms with Crippen LogP contribution in [0, 0.1) is 0 Å². The van der Waals surface area contributed by atoms with Gasteiger partial charge in [0.05, 0.1) is 18.0 Å². The molecule has 0 fully saturated rings. The van der Waals surface area contributed by atoms with Crippen LogP contribution in [0.15, 0.2) is 17.6 Å². The Hall–Kier alpha value is -1.20. The van der Waals surface area contributed by atoms with Gasteiger partial charge in [0.2, 0.25) is 0 Å². The number of thiazole rings is 1. The lowest BCUT2D eigenvalue weighted by Gasteiger charge is -1.93. The Kier molecular flexibility index (Phi) is 2.90. The Morgan fingerprint density at radius 2 is 2.50 bits per heavy atom. The lowest BCUT2D eigenvalue weighted by Crippen LogP contribution is -1.94. The monoisotopic (exact) mass is 209 g/mol. The van der Waals surface area contributed by atoms with Gasteiger partial charge in [0, 0.05) is 25.1 Å². The van der Waals surface area contributed by atoms with Crippen molar-refractivity contribution in [2.24, 2.45) is 0 Å². The van der Waals surface area contributed by atoms with Crippen LogP contribution in [0.25, 0.3) is 10.7 Å². The predicted molar refractivity (Wildman–Crippen MR) is 55.3 cm³/mol. The number of hydrogen-bond donors (Lipinski definition) is 1. The van der Waals surface area contributed by atoms with Gasteiger partial charge in [-0.1, -0.05) is 0 Å². The third kappa shape index (κ3) is 2.00. The van der Waals surface area contributed by atoms with Crippen molar-refractivity contribution in [1.82, 2.24) is 15.2 Å². The molecule has 0 radical (unpaired) electrons. The summed E-state index contributed by atoms with van der Waals surface area (Å²) in [6, 6.07) is 1.92. The minimum atomic E-state index is 0.714. The minimum Gasteiger partial charge on any atom is -0.384 e. The van der Waals surface area contributed by atoms with Gasteiger partial charge in [-0.25, -0.2) is 4.98 Å². The van der Waals surface area contributed by atoms with Crippen LogP contribution < -0.4 is 0 Å². The van der Waals surface area contributed by atoms with E-state index in [0.717, 1.165) is 22.8 Å². The molecule has 0 aliphatic rings. The molecular formula is C9H11N3OS. The Morgan fingerprint density at radius 3 is 3.21 bits per heavy atom. The van der Waals surface area contributed by atoms with E-state index in [4.69, 9.17) is 4.74 Å². The number of hydrogen-bond acceptors (Lipinski definition) is 4. The molecule has 5 heteroatoms. The van der Waals surface area contributed by atoms with E-state index in [0.29, 0.717) is 6.61 Å². The van der Waals surface area contributed by atoms with E-state index in [1.165, 1.54) is 0 Å². The third-order valence-corrected chi connectivity index (χ3v) is 2.77. The minimum absolute atomic E-state index is 0.714. The SMILES string of the molecule is COCCc1csc(-c2ccn[nH]2)n1. The molecule has 0 aromatic carbocycles. The fourth-order valence-electron chi connectivity index (χ4n) is 1.13. The second kappa shape index (κ2) is 4.34. The fraction of sp³-hybridized carbons (Fsp3) is 0.333. The summed E-state index contributed by atoms with van der Waals surface area (Å²) in [5.41, 5.74) is 2.04. The highest BCUT2D eigenvalue weighted by Crippen LogP contribution is 2.21. The molecule has 0 amide bonds. The summed E-state index contributed by atoms with van der Waals surface area (Å²) < 4.78 is 4.99. The summed E-state index contributed by atoms with van der Waals surface area (Å²) in [5.74, 6) is 0. The van der Waals surface area contributed by atoms with Gasteiger partial charge in [0.15, 0.2) is 0 Å². The van der Waals surface area contributed by atoms with Crippen molar-refractivity contribution in [1.29, 1.82) is 0 Å². The van der Waals surface area contributed by atoms with Crippen molar-refractivity contribution < 1.29 is 4.74 Å². The third-order valence-electron chi connectivity index (χ3n) is 1.85. The number of aromatic amines is 1. The Labute approximate surface area is 86.0 Å². The summed E-state index contributed by atoms with van der Waals surface area (Å²) in [6.45, 7) is 0.714. The molecule has 74 valence electrons. The second-order valence-electron chi connectivity index (χ2n) is 2.86. The molecular weight excluding hydrogens is 198 g/mol. The maximum absolute atomic E-state index is 4.99. The van der Waals surface area contributed by atoms with Gasteiger partial charge in [-0.3, -0.25) is 5.10 Å². The molecule has 0 saturated heterocycles. The van der Waals surface area contributed by atoms with Gasteiger partial charge in [-0.2, -0.15) is 5.10 Å². The average molecular weight is 209 g/mol.